The number of aromatic nitrogens is 3. The van der Waals surface area contributed by atoms with Gasteiger partial charge in [-0.1, -0.05) is 17.4 Å². The Hall–Kier alpha value is -3.97. The number of carboxylic acids is 1. The van der Waals surface area contributed by atoms with Crippen LogP contribution in [0, 0.1) is 6.92 Å². The average Bonchev–Trinajstić information content (AvgIpc) is 3.42. The molecule has 0 radical (unpaired) electrons. The maximum atomic E-state index is 13.2. The van der Waals surface area contributed by atoms with Gasteiger partial charge in [-0.2, -0.15) is 9.97 Å². The number of nitrogens with zero attached hydrogens (tertiary/aromatic N) is 5. The molecule has 0 bridgehead atoms. The van der Waals surface area contributed by atoms with Crippen LogP contribution >= 0.6 is 11.3 Å². The second-order valence-corrected chi connectivity index (χ2v) is 10.1. The molecule has 0 atom stereocenters. The van der Waals surface area contributed by atoms with Crippen molar-refractivity contribution in [3.8, 4) is 11.5 Å². The molecule has 200 valence electrons. The number of thiazole rings is 1. The number of hydrogen-bond donors (Lipinski definition) is 3. The van der Waals surface area contributed by atoms with Gasteiger partial charge in [-0.25, -0.2) is 9.78 Å². The maximum absolute atomic E-state index is 13.2. The summed E-state index contributed by atoms with van der Waals surface area (Å²) in [5.74, 6) is 1.30. The molecule has 1 fully saturated rings. The Kier molecular flexibility index (Phi) is 7.04. The molecular formula is C25H28N6O6S. The Balaban J connectivity index is 1.52. The van der Waals surface area contributed by atoms with E-state index in [-0.39, 0.29) is 35.8 Å². The SMILES string of the molecule is COc1ccc(CN2C(=O)Cc3c(N4CCC(O)CC4)nc(Nc4nc(C)c(C(=O)O)s4)nc32)cc1OC. The van der Waals surface area contributed by atoms with Gasteiger partial charge in [-0.15, -0.1) is 0 Å². The van der Waals surface area contributed by atoms with E-state index < -0.39 is 5.97 Å². The molecule has 3 N–H and O–H groups in total. The summed E-state index contributed by atoms with van der Waals surface area (Å²) in [4.78, 5) is 42.2. The monoisotopic (exact) mass is 540 g/mol. The highest BCUT2D eigenvalue weighted by atomic mass is 32.1. The number of rotatable bonds is 8. The van der Waals surface area contributed by atoms with Crippen LogP contribution in [-0.2, 0) is 17.8 Å². The first-order valence-corrected chi connectivity index (χ1v) is 12.9. The van der Waals surface area contributed by atoms with Crippen molar-refractivity contribution in [1.29, 1.82) is 0 Å². The topological polar surface area (TPSA) is 150 Å². The molecule has 0 spiro atoms. The van der Waals surface area contributed by atoms with Crippen LogP contribution in [0.25, 0.3) is 0 Å². The number of amides is 1. The Morgan fingerprint density at radius 3 is 2.50 bits per heavy atom. The number of aryl methyl sites for hydroxylation is 1. The zero-order chi connectivity index (χ0) is 27.0. The third-order valence-electron chi connectivity index (χ3n) is 6.61. The van der Waals surface area contributed by atoms with E-state index in [4.69, 9.17) is 14.5 Å². The standard InChI is InChI=1S/C25H28N6O6S/c1-13-20(23(34)35)38-25(26-13)29-24-27-21(30-8-6-15(32)7-9-30)16-11-19(33)31(22(16)28-24)12-14-4-5-17(36-2)18(10-14)37-3/h4-5,10,15,32H,6-9,11-12H2,1-3H3,(H,34,35)(H,26,27,28,29). The number of carbonyl (C=O) groups excluding carboxylic acids is 1. The molecular weight excluding hydrogens is 512 g/mol. The van der Waals surface area contributed by atoms with Gasteiger partial charge in [0.05, 0.1) is 39.0 Å². The molecule has 1 amide bonds. The average molecular weight is 541 g/mol. The third kappa shape index (κ3) is 4.94. The Morgan fingerprint density at radius 2 is 1.84 bits per heavy atom. The first-order chi connectivity index (χ1) is 18.3. The van der Waals surface area contributed by atoms with Crippen molar-refractivity contribution in [3.63, 3.8) is 0 Å². The molecule has 38 heavy (non-hydrogen) atoms. The summed E-state index contributed by atoms with van der Waals surface area (Å²) < 4.78 is 10.7. The summed E-state index contributed by atoms with van der Waals surface area (Å²) in [5, 5.41) is 22.8. The molecule has 2 aliphatic heterocycles. The number of aliphatic hydroxyl groups is 1. The van der Waals surface area contributed by atoms with Crippen LogP contribution in [0.5, 0.6) is 11.5 Å². The fraction of sp³-hybridized carbons (Fsp3) is 0.400. The van der Waals surface area contributed by atoms with Crippen LogP contribution < -0.4 is 24.6 Å². The van der Waals surface area contributed by atoms with Gasteiger partial charge in [0, 0.05) is 18.7 Å². The van der Waals surface area contributed by atoms with Crippen molar-refractivity contribution in [2.45, 2.75) is 38.8 Å². The number of anilines is 4. The number of fused-ring (bicyclic) bond motifs is 1. The van der Waals surface area contributed by atoms with E-state index in [0.29, 0.717) is 59.9 Å². The molecule has 3 aromatic rings. The Bertz CT molecular complexity index is 1390. The number of ether oxygens (including phenoxy) is 2. The largest absolute Gasteiger partial charge is 0.493 e. The van der Waals surface area contributed by atoms with Gasteiger partial charge in [0.15, 0.2) is 16.6 Å². The number of carboxylic acid groups (broad SMARTS) is 1. The molecule has 0 unspecified atom stereocenters. The summed E-state index contributed by atoms with van der Waals surface area (Å²) in [7, 11) is 3.12. The molecule has 0 saturated carbocycles. The number of nitrogens with one attached hydrogen (secondary N) is 1. The first-order valence-electron chi connectivity index (χ1n) is 12.1. The van der Waals surface area contributed by atoms with E-state index in [9.17, 15) is 19.8 Å². The highest BCUT2D eigenvalue weighted by Gasteiger charge is 2.35. The van der Waals surface area contributed by atoms with Crippen LogP contribution in [0.1, 0.15) is 39.3 Å². The van der Waals surface area contributed by atoms with Crippen molar-refractivity contribution >= 4 is 45.9 Å². The van der Waals surface area contributed by atoms with Gasteiger partial charge in [0.25, 0.3) is 0 Å². The highest BCUT2D eigenvalue weighted by Crippen LogP contribution is 2.38. The second kappa shape index (κ2) is 10.4. The van der Waals surface area contributed by atoms with Gasteiger partial charge in [0.2, 0.25) is 11.9 Å². The zero-order valence-electron chi connectivity index (χ0n) is 21.2. The molecule has 2 aromatic heterocycles. The number of methoxy groups -OCH3 is 2. The zero-order valence-corrected chi connectivity index (χ0v) is 22.0. The van der Waals surface area contributed by atoms with Crippen LogP contribution in [0.3, 0.4) is 0 Å². The first kappa shape index (κ1) is 25.7. The summed E-state index contributed by atoms with van der Waals surface area (Å²) in [6, 6.07) is 5.48. The summed E-state index contributed by atoms with van der Waals surface area (Å²) in [6.45, 7) is 3.07. The lowest BCUT2D eigenvalue weighted by molar-refractivity contribution is -0.117. The molecule has 5 rings (SSSR count). The van der Waals surface area contributed by atoms with Crippen molar-refractivity contribution in [2.24, 2.45) is 0 Å². The molecule has 1 saturated heterocycles. The van der Waals surface area contributed by atoms with Crippen LogP contribution in [-0.4, -0.2) is 70.5 Å². The van der Waals surface area contributed by atoms with Crippen LogP contribution in [0.2, 0.25) is 0 Å². The van der Waals surface area contributed by atoms with Crippen molar-refractivity contribution in [3.05, 3.63) is 39.9 Å². The van der Waals surface area contributed by atoms with Crippen LogP contribution in [0.15, 0.2) is 18.2 Å². The number of aromatic carboxylic acids is 1. The molecule has 0 aliphatic carbocycles. The predicted octanol–water partition coefficient (Wildman–Crippen LogP) is 2.75. The van der Waals surface area contributed by atoms with Crippen molar-refractivity contribution in [1.82, 2.24) is 15.0 Å². The molecule has 1 aromatic carbocycles. The number of carbonyl (C=O) groups is 2. The second-order valence-electron chi connectivity index (χ2n) is 9.10. The fourth-order valence-corrected chi connectivity index (χ4v) is 5.47. The number of hydrogen-bond acceptors (Lipinski definition) is 11. The molecule has 4 heterocycles. The summed E-state index contributed by atoms with van der Waals surface area (Å²) >= 11 is 0.994. The van der Waals surface area contributed by atoms with E-state index >= 15 is 0 Å². The maximum Gasteiger partial charge on any atom is 0.347 e. The van der Waals surface area contributed by atoms with Crippen molar-refractivity contribution in [2.75, 3.05) is 42.4 Å². The lowest BCUT2D eigenvalue weighted by Gasteiger charge is -2.31. The van der Waals surface area contributed by atoms with Gasteiger partial charge < -0.3 is 24.6 Å². The fourth-order valence-electron chi connectivity index (χ4n) is 4.67. The lowest BCUT2D eigenvalue weighted by Crippen LogP contribution is -2.37. The van der Waals surface area contributed by atoms with E-state index in [1.165, 1.54) is 0 Å². The smallest absolute Gasteiger partial charge is 0.347 e. The van der Waals surface area contributed by atoms with Crippen molar-refractivity contribution < 1.29 is 29.3 Å². The van der Waals surface area contributed by atoms with Gasteiger partial charge in [0.1, 0.15) is 16.5 Å². The highest BCUT2D eigenvalue weighted by molar-refractivity contribution is 7.17. The quantitative estimate of drug-likeness (QED) is 0.387. The summed E-state index contributed by atoms with van der Waals surface area (Å²) in [6.07, 6.45) is 0.975. The van der Waals surface area contributed by atoms with Gasteiger partial charge in [-0.3, -0.25) is 15.0 Å². The minimum absolute atomic E-state index is 0.113. The molecule has 13 heteroatoms. The van der Waals surface area contributed by atoms with E-state index in [1.54, 1.807) is 32.1 Å². The van der Waals surface area contributed by atoms with Crippen LogP contribution in [0.4, 0.5) is 22.7 Å². The lowest BCUT2D eigenvalue weighted by atomic mass is 10.1. The Morgan fingerprint density at radius 1 is 1.13 bits per heavy atom. The van der Waals surface area contributed by atoms with E-state index in [0.717, 1.165) is 22.5 Å². The van der Waals surface area contributed by atoms with E-state index in [1.807, 2.05) is 12.1 Å². The van der Waals surface area contributed by atoms with Gasteiger partial charge in [-0.05, 0) is 37.5 Å². The normalized spacial score (nSPS) is 15.5. The van der Waals surface area contributed by atoms with E-state index in [2.05, 4.69) is 20.2 Å². The predicted molar refractivity (Wildman–Crippen MR) is 141 cm³/mol. The minimum atomic E-state index is -1.05. The van der Waals surface area contributed by atoms with Gasteiger partial charge >= 0.3 is 5.97 Å². The molecule has 12 nitrogen and oxygen atoms in total. The minimum Gasteiger partial charge on any atom is -0.493 e. The number of benzene rings is 1. The number of piperidine rings is 1. The Labute approximate surface area is 222 Å². The molecule has 2 aliphatic rings. The summed E-state index contributed by atoms with van der Waals surface area (Å²) in [5.41, 5.74) is 1.95. The third-order valence-corrected chi connectivity index (χ3v) is 7.67. The number of aliphatic hydroxyl groups excluding tert-OH is 1.